The lowest BCUT2D eigenvalue weighted by Crippen LogP contribution is -2.39. The van der Waals surface area contributed by atoms with Crippen molar-refractivity contribution >= 4 is 33.5 Å². The minimum absolute atomic E-state index is 0.0317. The largest absolute Gasteiger partial charge is 0.462 e. The number of sulfonamides is 1. The smallest absolute Gasteiger partial charge is 0.338 e. The van der Waals surface area contributed by atoms with Crippen molar-refractivity contribution in [3.63, 3.8) is 0 Å². The first-order valence-electron chi connectivity index (χ1n) is 10.7. The number of nitrogens with one attached hydrogen (secondary N) is 1. The Hall–Kier alpha value is -3.08. The van der Waals surface area contributed by atoms with Crippen molar-refractivity contribution in [1.29, 1.82) is 0 Å². The standard InChI is InChI=1S/C23H27N3O6S/c1-2-3-14-32-23(29)17-6-8-18(9-7-17)26-21(27)15-20(22(26)28)25-13-12-16-4-10-19(11-5-16)33(24,30)31/h4-11,20,25H,2-3,12-15H2,1H3,(H2,24,30,31)/t20-/m0/s1. The minimum atomic E-state index is -3.74. The lowest BCUT2D eigenvalue weighted by atomic mass is 10.1. The molecule has 1 aliphatic rings. The molecule has 3 rings (SSSR count). The van der Waals surface area contributed by atoms with Gasteiger partial charge in [0.2, 0.25) is 15.9 Å². The zero-order valence-electron chi connectivity index (χ0n) is 18.3. The highest BCUT2D eigenvalue weighted by Gasteiger charge is 2.39. The van der Waals surface area contributed by atoms with E-state index in [9.17, 15) is 22.8 Å². The molecule has 10 heteroatoms. The Morgan fingerprint density at radius 2 is 1.79 bits per heavy atom. The van der Waals surface area contributed by atoms with Crippen molar-refractivity contribution in [3.8, 4) is 0 Å². The lowest BCUT2D eigenvalue weighted by molar-refractivity contribution is -0.121. The van der Waals surface area contributed by atoms with Crippen molar-refractivity contribution in [2.24, 2.45) is 5.14 Å². The maximum absolute atomic E-state index is 12.8. The molecule has 176 valence electrons. The second kappa shape index (κ2) is 10.7. The second-order valence-electron chi connectivity index (χ2n) is 7.75. The molecule has 1 fully saturated rings. The highest BCUT2D eigenvalue weighted by atomic mass is 32.2. The van der Waals surface area contributed by atoms with Crippen molar-refractivity contribution in [3.05, 3.63) is 59.7 Å². The Kier molecular flexibility index (Phi) is 7.96. The van der Waals surface area contributed by atoms with E-state index in [1.165, 1.54) is 24.3 Å². The maximum atomic E-state index is 12.8. The summed E-state index contributed by atoms with van der Waals surface area (Å²) in [4.78, 5) is 38.4. The van der Waals surface area contributed by atoms with Gasteiger partial charge in [0.05, 0.1) is 35.2 Å². The molecule has 0 aliphatic carbocycles. The molecular formula is C23H27N3O6S. The highest BCUT2D eigenvalue weighted by Crippen LogP contribution is 2.23. The molecule has 33 heavy (non-hydrogen) atoms. The van der Waals surface area contributed by atoms with Crippen molar-refractivity contribution in [2.45, 2.75) is 43.5 Å². The topological polar surface area (TPSA) is 136 Å². The first-order valence-corrected chi connectivity index (χ1v) is 12.2. The van der Waals surface area contributed by atoms with E-state index in [2.05, 4.69) is 5.32 Å². The van der Waals surface area contributed by atoms with E-state index < -0.39 is 22.0 Å². The average Bonchev–Trinajstić information content (AvgIpc) is 3.06. The maximum Gasteiger partial charge on any atom is 0.338 e. The van der Waals surface area contributed by atoms with E-state index in [0.29, 0.717) is 30.8 Å². The van der Waals surface area contributed by atoms with Crippen molar-refractivity contribution < 1.29 is 27.5 Å². The van der Waals surface area contributed by atoms with Gasteiger partial charge >= 0.3 is 5.97 Å². The van der Waals surface area contributed by atoms with E-state index in [1.54, 1.807) is 24.3 Å². The van der Waals surface area contributed by atoms with Gasteiger partial charge in [-0.05, 0) is 61.3 Å². The summed E-state index contributed by atoms with van der Waals surface area (Å²) in [5.74, 6) is -1.12. The van der Waals surface area contributed by atoms with E-state index >= 15 is 0 Å². The van der Waals surface area contributed by atoms with Gasteiger partial charge in [0, 0.05) is 0 Å². The molecule has 1 heterocycles. The number of carbonyl (C=O) groups is 3. The molecule has 0 bridgehead atoms. The van der Waals surface area contributed by atoms with Crippen molar-refractivity contribution in [2.75, 3.05) is 18.1 Å². The summed E-state index contributed by atoms with van der Waals surface area (Å²) in [6.45, 7) is 2.78. The molecule has 1 aliphatic heterocycles. The minimum Gasteiger partial charge on any atom is -0.462 e. The van der Waals surface area contributed by atoms with Crippen LogP contribution in [-0.2, 0) is 30.8 Å². The molecular weight excluding hydrogens is 446 g/mol. The summed E-state index contributed by atoms with van der Waals surface area (Å²) < 4.78 is 27.8. The third-order valence-corrected chi connectivity index (χ3v) is 6.22. The number of nitrogens with zero attached hydrogens (tertiary/aromatic N) is 1. The van der Waals surface area contributed by atoms with Gasteiger partial charge in [-0.1, -0.05) is 25.5 Å². The van der Waals surface area contributed by atoms with Crippen LogP contribution in [0.15, 0.2) is 53.4 Å². The number of imide groups is 1. The molecule has 0 spiro atoms. The van der Waals surface area contributed by atoms with Crippen LogP contribution in [0.3, 0.4) is 0 Å². The first-order chi connectivity index (χ1) is 15.7. The number of rotatable bonds is 10. The van der Waals surface area contributed by atoms with Gasteiger partial charge in [-0.15, -0.1) is 0 Å². The monoisotopic (exact) mass is 473 g/mol. The second-order valence-corrected chi connectivity index (χ2v) is 9.31. The Bertz CT molecular complexity index is 1110. The molecule has 0 saturated carbocycles. The van der Waals surface area contributed by atoms with Crippen LogP contribution in [0.2, 0.25) is 0 Å². The number of primary sulfonamides is 1. The van der Waals surface area contributed by atoms with Gasteiger partial charge in [-0.3, -0.25) is 9.59 Å². The van der Waals surface area contributed by atoms with Gasteiger partial charge < -0.3 is 10.1 Å². The Labute approximate surface area is 193 Å². The molecule has 2 aromatic rings. The van der Waals surface area contributed by atoms with Crippen LogP contribution in [0.25, 0.3) is 0 Å². The van der Waals surface area contributed by atoms with E-state index in [-0.39, 0.29) is 23.1 Å². The number of anilines is 1. The van der Waals surface area contributed by atoms with Crippen LogP contribution in [0.1, 0.15) is 42.1 Å². The number of nitrogens with two attached hydrogens (primary N) is 1. The van der Waals surface area contributed by atoms with Crippen LogP contribution in [-0.4, -0.2) is 45.4 Å². The quantitative estimate of drug-likeness (QED) is 0.305. The van der Waals surface area contributed by atoms with Crippen LogP contribution in [0.5, 0.6) is 0 Å². The summed E-state index contributed by atoms with van der Waals surface area (Å²) >= 11 is 0. The third kappa shape index (κ3) is 6.25. The number of hydrogen-bond acceptors (Lipinski definition) is 7. The Morgan fingerprint density at radius 1 is 1.12 bits per heavy atom. The molecule has 0 unspecified atom stereocenters. The summed E-state index contributed by atoms with van der Waals surface area (Å²) in [6, 6.07) is 11.7. The molecule has 2 amide bonds. The van der Waals surface area contributed by atoms with Gasteiger partial charge in [0.15, 0.2) is 0 Å². The number of carbonyl (C=O) groups excluding carboxylic acids is 3. The Balaban J connectivity index is 1.55. The summed E-state index contributed by atoms with van der Waals surface area (Å²) in [6.07, 6.45) is 2.28. The highest BCUT2D eigenvalue weighted by molar-refractivity contribution is 7.89. The molecule has 3 N–H and O–H groups in total. The number of hydrogen-bond donors (Lipinski definition) is 2. The fourth-order valence-electron chi connectivity index (χ4n) is 3.44. The van der Waals surface area contributed by atoms with Gasteiger partial charge in [-0.2, -0.15) is 0 Å². The summed E-state index contributed by atoms with van der Waals surface area (Å²) in [5.41, 5.74) is 1.63. The van der Waals surface area contributed by atoms with Crippen molar-refractivity contribution in [1.82, 2.24) is 5.32 Å². The number of ether oxygens (including phenoxy) is 1. The number of esters is 1. The van der Waals surface area contributed by atoms with Crippen LogP contribution >= 0.6 is 0 Å². The normalized spacial score (nSPS) is 16.3. The van der Waals surface area contributed by atoms with Gasteiger partial charge in [0.25, 0.3) is 5.91 Å². The van der Waals surface area contributed by atoms with E-state index in [4.69, 9.17) is 9.88 Å². The van der Waals surface area contributed by atoms with E-state index in [0.717, 1.165) is 23.3 Å². The first kappa shape index (κ1) is 24.6. The predicted octanol–water partition coefficient (Wildman–Crippen LogP) is 1.76. The van der Waals surface area contributed by atoms with Gasteiger partial charge in [-0.25, -0.2) is 23.3 Å². The molecule has 2 aromatic carbocycles. The fraction of sp³-hybridized carbons (Fsp3) is 0.348. The fourth-order valence-corrected chi connectivity index (χ4v) is 3.95. The third-order valence-electron chi connectivity index (χ3n) is 5.30. The molecule has 0 aromatic heterocycles. The summed E-state index contributed by atoms with van der Waals surface area (Å²) in [5, 5.41) is 8.17. The zero-order chi connectivity index (χ0) is 24.0. The van der Waals surface area contributed by atoms with Crippen LogP contribution < -0.4 is 15.4 Å². The zero-order valence-corrected chi connectivity index (χ0v) is 19.1. The Morgan fingerprint density at radius 3 is 2.39 bits per heavy atom. The van der Waals surface area contributed by atoms with E-state index in [1.807, 2.05) is 6.92 Å². The molecule has 0 radical (unpaired) electrons. The molecule has 9 nitrogen and oxygen atoms in total. The number of unbranched alkanes of at least 4 members (excludes halogenated alkanes) is 1. The number of benzene rings is 2. The number of amides is 2. The van der Waals surface area contributed by atoms with Crippen LogP contribution in [0.4, 0.5) is 5.69 Å². The lowest BCUT2D eigenvalue weighted by Gasteiger charge is -2.16. The SMILES string of the molecule is CCCCOC(=O)c1ccc(N2C(=O)C[C@H](NCCc3ccc(S(N)(=O)=O)cc3)C2=O)cc1. The predicted molar refractivity (Wildman–Crippen MR) is 122 cm³/mol. The average molecular weight is 474 g/mol. The van der Waals surface area contributed by atoms with Gasteiger partial charge in [0.1, 0.15) is 0 Å². The molecule has 1 atom stereocenters. The molecule has 1 saturated heterocycles. The van der Waals surface area contributed by atoms with Crippen LogP contribution in [0, 0.1) is 0 Å². The summed E-state index contributed by atoms with van der Waals surface area (Å²) in [7, 11) is -3.74.